The van der Waals surface area contributed by atoms with Gasteiger partial charge in [0, 0.05) is 12.6 Å². The standard InChI is InChI=1S/C13H17NS2/c1-10(12-3-5-15-8-12)7-14-11(2)13-4-6-16-9-13/h3-6,8-11,14H,7H2,1-2H3/t10-,11-/m0/s1. The minimum atomic E-state index is 0.451. The summed E-state index contributed by atoms with van der Waals surface area (Å²) in [5, 5.41) is 12.3. The molecule has 0 aliphatic heterocycles. The number of hydrogen-bond acceptors (Lipinski definition) is 3. The summed E-state index contributed by atoms with van der Waals surface area (Å²) >= 11 is 3.54. The Morgan fingerprint density at radius 3 is 2.25 bits per heavy atom. The van der Waals surface area contributed by atoms with E-state index >= 15 is 0 Å². The highest BCUT2D eigenvalue weighted by molar-refractivity contribution is 7.08. The van der Waals surface area contributed by atoms with Crippen LogP contribution in [0.15, 0.2) is 33.7 Å². The third kappa shape index (κ3) is 2.94. The van der Waals surface area contributed by atoms with Crippen molar-refractivity contribution in [3.63, 3.8) is 0 Å². The predicted molar refractivity (Wildman–Crippen MR) is 73.5 cm³/mol. The van der Waals surface area contributed by atoms with Crippen molar-refractivity contribution in [2.24, 2.45) is 0 Å². The second kappa shape index (κ2) is 5.62. The van der Waals surface area contributed by atoms with Crippen molar-refractivity contribution in [2.75, 3.05) is 6.54 Å². The maximum Gasteiger partial charge on any atom is 0.0300 e. The third-order valence-corrected chi connectivity index (χ3v) is 4.29. The van der Waals surface area contributed by atoms with E-state index in [-0.39, 0.29) is 0 Å². The Kier molecular flexibility index (Phi) is 4.16. The molecule has 0 fully saturated rings. The van der Waals surface area contributed by atoms with Crippen molar-refractivity contribution in [3.05, 3.63) is 44.8 Å². The van der Waals surface area contributed by atoms with Crippen LogP contribution >= 0.6 is 22.7 Å². The molecular weight excluding hydrogens is 234 g/mol. The van der Waals surface area contributed by atoms with Crippen LogP contribution in [0.1, 0.15) is 36.9 Å². The zero-order valence-electron chi connectivity index (χ0n) is 9.64. The van der Waals surface area contributed by atoms with E-state index in [1.807, 2.05) is 0 Å². The molecule has 0 saturated carbocycles. The topological polar surface area (TPSA) is 12.0 Å². The highest BCUT2D eigenvalue weighted by Gasteiger charge is 2.09. The van der Waals surface area contributed by atoms with Gasteiger partial charge < -0.3 is 5.32 Å². The summed E-state index contributed by atoms with van der Waals surface area (Å²) in [7, 11) is 0. The van der Waals surface area contributed by atoms with E-state index in [1.165, 1.54) is 11.1 Å². The summed E-state index contributed by atoms with van der Waals surface area (Å²) in [5.41, 5.74) is 2.83. The molecule has 86 valence electrons. The minimum absolute atomic E-state index is 0.451. The van der Waals surface area contributed by atoms with Crippen LogP contribution in [0, 0.1) is 0 Å². The smallest absolute Gasteiger partial charge is 0.0300 e. The number of rotatable bonds is 5. The Labute approximate surface area is 105 Å². The van der Waals surface area contributed by atoms with E-state index in [1.54, 1.807) is 22.7 Å². The maximum absolute atomic E-state index is 3.58. The lowest BCUT2D eigenvalue weighted by atomic mass is 10.0. The lowest BCUT2D eigenvalue weighted by molar-refractivity contribution is 0.539. The Morgan fingerprint density at radius 2 is 1.69 bits per heavy atom. The Hall–Kier alpha value is -0.640. The van der Waals surface area contributed by atoms with Crippen LogP contribution in [0.2, 0.25) is 0 Å². The molecule has 3 heteroatoms. The maximum atomic E-state index is 3.58. The first-order valence-electron chi connectivity index (χ1n) is 5.55. The van der Waals surface area contributed by atoms with Crippen LogP contribution in [0.5, 0.6) is 0 Å². The van der Waals surface area contributed by atoms with E-state index in [0.29, 0.717) is 12.0 Å². The summed E-state index contributed by atoms with van der Waals surface area (Å²) in [5.74, 6) is 0.590. The predicted octanol–water partition coefficient (Wildman–Crippen LogP) is 4.26. The van der Waals surface area contributed by atoms with E-state index in [2.05, 4.69) is 52.8 Å². The van der Waals surface area contributed by atoms with Gasteiger partial charge in [-0.2, -0.15) is 22.7 Å². The largest absolute Gasteiger partial charge is 0.310 e. The average Bonchev–Trinajstić information content (AvgIpc) is 2.95. The van der Waals surface area contributed by atoms with Crippen LogP contribution in [-0.4, -0.2) is 6.54 Å². The molecule has 2 rings (SSSR count). The molecule has 1 nitrogen and oxygen atoms in total. The molecule has 0 unspecified atom stereocenters. The molecule has 1 N–H and O–H groups in total. The fourth-order valence-electron chi connectivity index (χ4n) is 1.67. The molecule has 2 aromatic heterocycles. The fraction of sp³-hybridized carbons (Fsp3) is 0.385. The van der Waals surface area contributed by atoms with Crippen LogP contribution < -0.4 is 5.32 Å². The van der Waals surface area contributed by atoms with Gasteiger partial charge >= 0.3 is 0 Å². The van der Waals surface area contributed by atoms with Crippen molar-refractivity contribution in [2.45, 2.75) is 25.8 Å². The molecule has 0 radical (unpaired) electrons. The summed E-state index contributed by atoms with van der Waals surface area (Å²) in [4.78, 5) is 0. The van der Waals surface area contributed by atoms with E-state index in [4.69, 9.17) is 0 Å². The highest BCUT2D eigenvalue weighted by Crippen LogP contribution is 2.20. The summed E-state index contributed by atoms with van der Waals surface area (Å²) < 4.78 is 0. The second-order valence-corrected chi connectivity index (χ2v) is 5.70. The molecule has 16 heavy (non-hydrogen) atoms. The first-order chi connectivity index (χ1) is 7.77. The van der Waals surface area contributed by atoms with Crippen molar-refractivity contribution in [1.82, 2.24) is 5.32 Å². The number of hydrogen-bond donors (Lipinski definition) is 1. The SMILES string of the molecule is C[C@H](NC[C@H](C)c1ccsc1)c1ccsc1. The molecular formula is C13H17NS2. The molecule has 2 aromatic rings. The normalized spacial score (nSPS) is 14.9. The molecule has 0 saturated heterocycles. The zero-order chi connectivity index (χ0) is 11.4. The zero-order valence-corrected chi connectivity index (χ0v) is 11.3. The van der Waals surface area contributed by atoms with Crippen molar-refractivity contribution in [3.8, 4) is 0 Å². The number of nitrogens with one attached hydrogen (secondary N) is 1. The Bertz CT molecular complexity index is 351. The van der Waals surface area contributed by atoms with Crippen LogP contribution in [0.3, 0.4) is 0 Å². The Morgan fingerprint density at radius 1 is 1.06 bits per heavy atom. The lowest BCUT2D eigenvalue weighted by Crippen LogP contribution is -2.23. The lowest BCUT2D eigenvalue weighted by Gasteiger charge is -2.16. The first-order valence-corrected chi connectivity index (χ1v) is 7.43. The molecule has 0 amide bonds. The summed E-state index contributed by atoms with van der Waals surface area (Å²) in [6.07, 6.45) is 0. The van der Waals surface area contributed by atoms with Crippen LogP contribution in [0.25, 0.3) is 0 Å². The fourth-order valence-corrected chi connectivity index (χ4v) is 3.20. The van der Waals surface area contributed by atoms with Crippen LogP contribution in [-0.2, 0) is 0 Å². The van der Waals surface area contributed by atoms with E-state index < -0.39 is 0 Å². The van der Waals surface area contributed by atoms with Crippen LogP contribution in [0.4, 0.5) is 0 Å². The molecule has 2 heterocycles. The van der Waals surface area contributed by atoms with Gasteiger partial charge in [-0.3, -0.25) is 0 Å². The second-order valence-electron chi connectivity index (χ2n) is 4.14. The van der Waals surface area contributed by atoms with Gasteiger partial charge in [-0.25, -0.2) is 0 Å². The average molecular weight is 251 g/mol. The molecule has 0 aliphatic carbocycles. The van der Waals surface area contributed by atoms with Crippen molar-refractivity contribution in [1.29, 1.82) is 0 Å². The molecule has 0 aromatic carbocycles. The Balaban J connectivity index is 1.84. The quantitative estimate of drug-likeness (QED) is 0.837. The van der Waals surface area contributed by atoms with Gasteiger partial charge in [0.05, 0.1) is 0 Å². The number of thiophene rings is 2. The van der Waals surface area contributed by atoms with E-state index in [9.17, 15) is 0 Å². The monoisotopic (exact) mass is 251 g/mol. The van der Waals surface area contributed by atoms with Gasteiger partial charge in [0.25, 0.3) is 0 Å². The highest BCUT2D eigenvalue weighted by atomic mass is 32.1. The minimum Gasteiger partial charge on any atom is -0.310 e. The van der Waals surface area contributed by atoms with Gasteiger partial charge in [0.2, 0.25) is 0 Å². The molecule has 0 bridgehead atoms. The molecule has 0 spiro atoms. The first kappa shape index (κ1) is 11.8. The third-order valence-electron chi connectivity index (χ3n) is 2.89. The van der Waals surface area contributed by atoms with Crippen molar-refractivity contribution >= 4 is 22.7 Å². The van der Waals surface area contributed by atoms with Crippen molar-refractivity contribution < 1.29 is 0 Å². The summed E-state index contributed by atoms with van der Waals surface area (Å²) in [6, 6.07) is 4.86. The van der Waals surface area contributed by atoms with Gasteiger partial charge in [0.1, 0.15) is 0 Å². The van der Waals surface area contributed by atoms with Gasteiger partial charge in [0.15, 0.2) is 0 Å². The van der Waals surface area contributed by atoms with Gasteiger partial charge in [-0.15, -0.1) is 0 Å². The molecule has 0 aliphatic rings. The van der Waals surface area contributed by atoms with Gasteiger partial charge in [-0.05, 0) is 57.6 Å². The molecule has 2 atom stereocenters. The summed E-state index contributed by atoms with van der Waals surface area (Å²) in [6.45, 7) is 5.53. The van der Waals surface area contributed by atoms with E-state index in [0.717, 1.165) is 6.54 Å². The van der Waals surface area contributed by atoms with Gasteiger partial charge in [-0.1, -0.05) is 6.92 Å².